The molecule has 0 fully saturated rings. The fourth-order valence-corrected chi connectivity index (χ4v) is 5.12. The summed E-state index contributed by atoms with van der Waals surface area (Å²) in [5.74, 6) is 0.985. The molecule has 0 spiro atoms. The maximum absolute atomic E-state index is 6.21. The van der Waals surface area contributed by atoms with Crippen molar-refractivity contribution in [1.82, 2.24) is 4.90 Å². The van der Waals surface area contributed by atoms with Crippen molar-refractivity contribution in [3.8, 4) is 5.75 Å². The first-order valence-electron chi connectivity index (χ1n) is 13.7. The van der Waals surface area contributed by atoms with Crippen molar-refractivity contribution in [2.45, 2.75) is 78.2 Å². The first-order chi connectivity index (χ1) is 17.3. The summed E-state index contributed by atoms with van der Waals surface area (Å²) in [4.78, 5) is 2.45. The highest BCUT2D eigenvalue weighted by molar-refractivity contribution is 5.58. The molecule has 1 aliphatic rings. The van der Waals surface area contributed by atoms with E-state index >= 15 is 0 Å². The predicted molar refractivity (Wildman–Crippen MR) is 154 cm³/mol. The topological polar surface area (TPSA) is 12.5 Å². The number of aryl methyl sites for hydroxylation is 1. The molecule has 3 aromatic rings. The van der Waals surface area contributed by atoms with Crippen LogP contribution in [0.2, 0.25) is 0 Å². The summed E-state index contributed by atoms with van der Waals surface area (Å²) in [7, 11) is 2.24. The van der Waals surface area contributed by atoms with E-state index in [0.29, 0.717) is 6.61 Å². The van der Waals surface area contributed by atoms with E-state index in [1.54, 1.807) is 0 Å². The molecule has 0 aromatic heterocycles. The number of fused-ring (bicyclic) bond motifs is 2. The fourth-order valence-electron chi connectivity index (χ4n) is 5.12. The van der Waals surface area contributed by atoms with Gasteiger partial charge in [0.1, 0.15) is 12.4 Å². The van der Waals surface area contributed by atoms with E-state index in [9.17, 15) is 0 Å². The van der Waals surface area contributed by atoms with Gasteiger partial charge in [-0.15, -0.1) is 0 Å². The van der Waals surface area contributed by atoms with Gasteiger partial charge in [0, 0.05) is 24.5 Å². The van der Waals surface area contributed by atoms with Crippen LogP contribution in [0.1, 0.15) is 82.1 Å². The van der Waals surface area contributed by atoms with Crippen molar-refractivity contribution in [3.63, 3.8) is 0 Å². The maximum Gasteiger partial charge on any atom is 0.127 e. The molecule has 0 aliphatic carbocycles. The van der Waals surface area contributed by atoms with Crippen molar-refractivity contribution >= 4 is 11.8 Å². The Morgan fingerprint density at radius 3 is 2.39 bits per heavy atom. The van der Waals surface area contributed by atoms with Gasteiger partial charge in [0.15, 0.2) is 0 Å². The van der Waals surface area contributed by atoms with Crippen LogP contribution in [0.15, 0.2) is 66.7 Å². The first kappa shape index (κ1) is 26.1. The summed E-state index contributed by atoms with van der Waals surface area (Å²) < 4.78 is 6.21. The lowest BCUT2D eigenvalue weighted by Crippen LogP contribution is -2.25. The molecule has 0 amide bonds. The van der Waals surface area contributed by atoms with Crippen LogP contribution in [0.3, 0.4) is 0 Å². The Morgan fingerprint density at radius 1 is 0.889 bits per heavy atom. The Balaban J connectivity index is 1.30. The average Bonchev–Trinajstić information content (AvgIpc) is 3.05. The number of rotatable bonds is 9. The summed E-state index contributed by atoms with van der Waals surface area (Å²) in [5, 5.41) is 2.44. The van der Waals surface area contributed by atoms with Crippen molar-refractivity contribution in [2.75, 3.05) is 13.6 Å². The lowest BCUT2D eigenvalue weighted by atomic mass is 9.86. The quantitative estimate of drug-likeness (QED) is 0.306. The monoisotopic (exact) mass is 481 g/mol. The van der Waals surface area contributed by atoms with Crippen LogP contribution in [0.25, 0.3) is 11.8 Å². The number of unbranched alkanes of at least 4 members (excludes halogenated alkanes) is 3. The van der Waals surface area contributed by atoms with Gasteiger partial charge in [0.2, 0.25) is 0 Å². The molecule has 0 saturated carbocycles. The zero-order valence-corrected chi connectivity index (χ0v) is 22.9. The molecule has 190 valence electrons. The molecule has 2 nitrogen and oxygen atoms in total. The number of hydrogen-bond donors (Lipinski definition) is 0. The third-order valence-corrected chi connectivity index (χ3v) is 7.42. The van der Waals surface area contributed by atoms with E-state index in [2.05, 4.69) is 112 Å². The van der Waals surface area contributed by atoms with E-state index in [1.165, 1.54) is 65.3 Å². The second-order valence-corrected chi connectivity index (χ2v) is 11.2. The lowest BCUT2D eigenvalue weighted by Gasteiger charge is -2.22. The normalized spacial score (nSPS) is 13.6. The van der Waals surface area contributed by atoms with Crippen LogP contribution in [-0.4, -0.2) is 18.5 Å². The highest BCUT2D eigenvalue weighted by Crippen LogP contribution is 2.23. The molecular weight excluding hydrogens is 438 g/mol. The minimum atomic E-state index is 0.231. The number of benzene rings is 3. The smallest absolute Gasteiger partial charge is 0.127 e. The Bertz CT molecular complexity index is 1260. The maximum atomic E-state index is 6.21. The minimum absolute atomic E-state index is 0.231. The molecular formula is C34H43NO. The first-order valence-corrected chi connectivity index (χ1v) is 13.7. The average molecular weight is 482 g/mol. The molecule has 2 heteroatoms. The van der Waals surface area contributed by atoms with Gasteiger partial charge in [-0.1, -0.05) is 101 Å². The number of hydrogen-bond acceptors (Lipinski definition) is 2. The van der Waals surface area contributed by atoms with Crippen molar-refractivity contribution < 1.29 is 4.74 Å². The Morgan fingerprint density at radius 2 is 1.64 bits per heavy atom. The third kappa shape index (κ3) is 6.60. The van der Waals surface area contributed by atoms with Gasteiger partial charge in [-0.3, -0.25) is 0 Å². The van der Waals surface area contributed by atoms with Crippen molar-refractivity contribution in [2.24, 2.45) is 0 Å². The molecule has 4 rings (SSSR count). The molecule has 0 unspecified atom stereocenters. The third-order valence-electron chi connectivity index (χ3n) is 7.42. The Labute approximate surface area is 218 Å². The molecule has 36 heavy (non-hydrogen) atoms. The minimum Gasteiger partial charge on any atom is -0.488 e. The molecule has 0 atom stereocenters. The lowest BCUT2D eigenvalue weighted by molar-refractivity contribution is 0.304. The zero-order valence-electron chi connectivity index (χ0n) is 22.9. The highest BCUT2D eigenvalue weighted by atomic mass is 16.5. The Hall–Kier alpha value is -3.00. The van der Waals surface area contributed by atoms with Crippen molar-refractivity contribution in [1.29, 1.82) is 0 Å². The van der Waals surface area contributed by atoms with Gasteiger partial charge in [0.05, 0.1) is 0 Å². The largest absolute Gasteiger partial charge is 0.488 e. The number of nitrogens with zero attached hydrogens (tertiary/aromatic N) is 1. The van der Waals surface area contributed by atoms with Crippen LogP contribution in [0.4, 0.5) is 0 Å². The second-order valence-electron chi connectivity index (χ2n) is 11.2. The van der Waals surface area contributed by atoms with E-state index < -0.39 is 0 Å². The highest BCUT2D eigenvalue weighted by Gasteiger charge is 2.13. The van der Waals surface area contributed by atoms with Gasteiger partial charge < -0.3 is 9.64 Å². The summed E-state index contributed by atoms with van der Waals surface area (Å²) in [5.41, 5.74) is 7.00. The zero-order chi connectivity index (χ0) is 25.5. The van der Waals surface area contributed by atoms with Crippen LogP contribution in [-0.2, 0) is 18.4 Å². The van der Waals surface area contributed by atoms with Crippen LogP contribution >= 0.6 is 0 Å². The molecule has 3 aromatic carbocycles. The molecule has 1 heterocycles. The van der Waals surface area contributed by atoms with Crippen LogP contribution in [0, 0.1) is 0 Å². The van der Waals surface area contributed by atoms with Gasteiger partial charge in [-0.05, 0) is 70.7 Å². The SMILES string of the molecule is CCC(=c1ccc2c(c1)OCc1ccccc1C=2)N(C)CCCCCCc1ccc(C(C)(C)C)cc1. The van der Waals surface area contributed by atoms with E-state index in [4.69, 9.17) is 4.74 Å². The summed E-state index contributed by atoms with van der Waals surface area (Å²) in [6, 6.07) is 24.4. The summed E-state index contributed by atoms with van der Waals surface area (Å²) in [6.07, 6.45) is 9.51. The standard InChI is InChI=1S/C34H43NO/c1-6-32(28-18-19-29-23-27-14-10-11-15-30(27)25-36-33(29)24-28)35(5)22-12-8-7-9-13-26-16-20-31(21-17-26)34(2,3)4/h10-11,14-21,23-24H,6-9,12-13,22,25H2,1-5H3. The van der Waals surface area contributed by atoms with Gasteiger partial charge in [-0.25, -0.2) is 0 Å². The van der Waals surface area contributed by atoms with E-state index in [-0.39, 0.29) is 5.41 Å². The van der Waals surface area contributed by atoms with Gasteiger partial charge in [0.25, 0.3) is 0 Å². The van der Waals surface area contributed by atoms with Gasteiger partial charge in [-0.2, -0.15) is 0 Å². The summed E-state index contributed by atoms with van der Waals surface area (Å²) >= 11 is 0. The molecule has 0 radical (unpaired) electrons. The summed E-state index contributed by atoms with van der Waals surface area (Å²) in [6.45, 7) is 10.8. The molecule has 0 bridgehead atoms. The molecule has 1 aliphatic heterocycles. The predicted octanol–water partition coefficient (Wildman–Crippen LogP) is 6.96. The number of ether oxygens (including phenoxy) is 1. The van der Waals surface area contributed by atoms with Crippen LogP contribution < -0.4 is 15.2 Å². The van der Waals surface area contributed by atoms with Crippen LogP contribution in [0.5, 0.6) is 5.75 Å². The molecule has 0 N–H and O–H groups in total. The van der Waals surface area contributed by atoms with Crippen molar-refractivity contribution in [3.05, 3.63) is 99.4 Å². The Kier molecular flexibility index (Phi) is 8.56. The van der Waals surface area contributed by atoms with E-state index in [0.717, 1.165) is 23.9 Å². The fraction of sp³-hybridized carbons (Fsp3) is 0.412. The van der Waals surface area contributed by atoms with Gasteiger partial charge >= 0.3 is 0 Å². The second kappa shape index (κ2) is 11.8. The van der Waals surface area contributed by atoms with E-state index in [1.807, 2.05) is 0 Å². The molecule has 0 saturated heterocycles.